The Bertz CT molecular complexity index is 724. The molecular formula is C21H24N2O2. The number of fused-ring (bicyclic) bond motifs is 1. The number of nitrogens with one attached hydrogen (secondary N) is 1. The quantitative estimate of drug-likeness (QED) is 0.925. The van der Waals surface area contributed by atoms with E-state index < -0.39 is 6.10 Å². The molecule has 4 heteroatoms. The predicted molar refractivity (Wildman–Crippen MR) is 100 cm³/mol. The lowest BCUT2D eigenvalue weighted by Crippen LogP contribution is -2.33. The van der Waals surface area contributed by atoms with Crippen LogP contribution in [0.15, 0.2) is 48.5 Å². The molecular weight excluding hydrogens is 312 g/mol. The van der Waals surface area contributed by atoms with Crippen molar-refractivity contribution in [2.45, 2.75) is 32.3 Å². The Morgan fingerprint density at radius 1 is 1.08 bits per heavy atom. The lowest BCUT2D eigenvalue weighted by molar-refractivity contribution is -0.122. The number of nitrogens with zero attached hydrogens (tertiary/aromatic N) is 1. The molecule has 0 aromatic heterocycles. The van der Waals surface area contributed by atoms with Crippen LogP contribution in [0, 0.1) is 5.92 Å². The van der Waals surface area contributed by atoms with Crippen LogP contribution in [0.1, 0.15) is 25.3 Å². The number of anilines is 2. The number of rotatable bonds is 3. The van der Waals surface area contributed by atoms with E-state index in [1.165, 1.54) is 18.5 Å². The van der Waals surface area contributed by atoms with E-state index in [-0.39, 0.29) is 5.91 Å². The number of para-hydroxylation sites is 1. The monoisotopic (exact) mass is 336 g/mol. The molecule has 2 aromatic carbocycles. The summed E-state index contributed by atoms with van der Waals surface area (Å²) < 4.78 is 5.75. The maximum absolute atomic E-state index is 12.5. The van der Waals surface area contributed by atoms with Gasteiger partial charge in [0.1, 0.15) is 5.75 Å². The standard InChI is InChI=1S/C21H24N2O2/c1-15-10-12-23(13-11-15)18-8-6-17(7-9-18)22-21(24)20-14-16-4-2-3-5-19(16)25-20/h2-9,15,20H,10-14H2,1H3,(H,22,24). The third kappa shape index (κ3) is 3.48. The fourth-order valence-electron chi connectivity index (χ4n) is 3.57. The molecule has 0 spiro atoms. The van der Waals surface area contributed by atoms with Gasteiger partial charge in [-0.1, -0.05) is 25.1 Å². The van der Waals surface area contributed by atoms with E-state index in [0.717, 1.165) is 36.0 Å². The van der Waals surface area contributed by atoms with Crippen LogP contribution in [0.25, 0.3) is 0 Å². The summed E-state index contributed by atoms with van der Waals surface area (Å²) >= 11 is 0. The van der Waals surface area contributed by atoms with Gasteiger partial charge in [0.05, 0.1) is 0 Å². The highest BCUT2D eigenvalue weighted by Crippen LogP contribution is 2.29. The third-order valence-corrected chi connectivity index (χ3v) is 5.22. The number of ether oxygens (including phenoxy) is 1. The summed E-state index contributed by atoms with van der Waals surface area (Å²) in [4.78, 5) is 14.9. The van der Waals surface area contributed by atoms with Gasteiger partial charge in [-0.25, -0.2) is 0 Å². The molecule has 0 saturated carbocycles. The lowest BCUT2D eigenvalue weighted by atomic mass is 9.99. The molecule has 0 radical (unpaired) electrons. The molecule has 2 heterocycles. The van der Waals surface area contributed by atoms with Gasteiger partial charge in [0.2, 0.25) is 0 Å². The minimum atomic E-state index is -0.444. The van der Waals surface area contributed by atoms with E-state index in [0.29, 0.717) is 6.42 Å². The number of amides is 1. The van der Waals surface area contributed by atoms with E-state index in [9.17, 15) is 4.79 Å². The minimum absolute atomic E-state index is 0.0873. The first kappa shape index (κ1) is 16.0. The number of hydrogen-bond acceptors (Lipinski definition) is 3. The average molecular weight is 336 g/mol. The van der Waals surface area contributed by atoms with Crippen LogP contribution in [0.4, 0.5) is 11.4 Å². The van der Waals surface area contributed by atoms with Crippen molar-refractivity contribution in [3.05, 3.63) is 54.1 Å². The molecule has 1 unspecified atom stereocenters. The smallest absolute Gasteiger partial charge is 0.265 e. The van der Waals surface area contributed by atoms with Crippen LogP contribution in [0.2, 0.25) is 0 Å². The lowest BCUT2D eigenvalue weighted by Gasteiger charge is -2.32. The van der Waals surface area contributed by atoms with Gasteiger partial charge in [-0.15, -0.1) is 0 Å². The summed E-state index contributed by atoms with van der Waals surface area (Å²) in [6.07, 6.45) is 2.68. The summed E-state index contributed by atoms with van der Waals surface area (Å²) in [6, 6.07) is 16.0. The second kappa shape index (κ2) is 6.79. The number of carbonyl (C=O) groups excluding carboxylic acids is 1. The van der Waals surface area contributed by atoms with Gasteiger partial charge in [0.25, 0.3) is 5.91 Å². The van der Waals surface area contributed by atoms with Crippen molar-refractivity contribution >= 4 is 17.3 Å². The maximum atomic E-state index is 12.5. The maximum Gasteiger partial charge on any atom is 0.265 e. The first-order valence-corrected chi connectivity index (χ1v) is 9.09. The fraction of sp³-hybridized carbons (Fsp3) is 0.381. The Labute approximate surface area is 148 Å². The van der Waals surface area contributed by atoms with Crippen LogP contribution in [-0.2, 0) is 11.2 Å². The van der Waals surface area contributed by atoms with E-state index in [4.69, 9.17) is 4.74 Å². The highest BCUT2D eigenvalue weighted by molar-refractivity contribution is 5.95. The van der Waals surface area contributed by atoms with Gasteiger partial charge in [-0.2, -0.15) is 0 Å². The second-order valence-corrected chi connectivity index (χ2v) is 7.12. The molecule has 1 saturated heterocycles. The Morgan fingerprint density at radius 2 is 1.80 bits per heavy atom. The van der Waals surface area contributed by atoms with Crippen LogP contribution in [-0.4, -0.2) is 25.1 Å². The highest BCUT2D eigenvalue weighted by Gasteiger charge is 2.28. The zero-order chi connectivity index (χ0) is 17.2. The molecule has 130 valence electrons. The molecule has 4 rings (SSSR count). The summed E-state index contributed by atoms with van der Waals surface area (Å²) in [5.74, 6) is 1.55. The van der Waals surface area contributed by atoms with Gasteiger partial charge in [0.15, 0.2) is 6.10 Å². The SMILES string of the molecule is CC1CCN(c2ccc(NC(=O)C3Cc4ccccc4O3)cc2)CC1. The Hall–Kier alpha value is -2.49. The van der Waals surface area contributed by atoms with Crippen molar-refractivity contribution in [3.8, 4) is 5.75 Å². The molecule has 1 fully saturated rings. The van der Waals surface area contributed by atoms with Crippen LogP contribution >= 0.6 is 0 Å². The van der Waals surface area contributed by atoms with Crippen molar-refractivity contribution in [3.63, 3.8) is 0 Å². The Balaban J connectivity index is 1.36. The highest BCUT2D eigenvalue weighted by atomic mass is 16.5. The van der Waals surface area contributed by atoms with Gasteiger partial charge in [0, 0.05) is 30.9 Å². The van der Waals surface area contributed by atoms with Gasteiger partial charge in [-0.05, 0) is 54.7 Å². The first-order valence-electron chi connectivity index (χ1n) is 9.09. The van der Waals surface area contributed by atoms with E-state index in [1.807, 2.05) is 36.4 Å². The van der Waals surface area contributed by atoms with Crippen LogP contribution in [0.3, 0.4) is 0 Å². The van der Waals surface area contributed by atoms with Crippen molar-refractivity contribution in [2.75, 3.05) is 23.3 Å². The van der Waals surface area contributed by atoms with Crippen molar-refractivity contribution < 1.29 is 9.53 Å². The van der Waals surface area contributed by atoms with Gasteiger partial charge in [-0.3, -0.25) is 4.79 Å². The molecule has 1 N–H and O–H groups in total. The molecule has 0 aliphatic carbocycles. The summed E-state index contributed by atoms with van der Waals surface area (Å²) in [5.41, 5.74) is 3.14. The molecule has 2 aliphatic heterocycles. The largest absolute Gasteiger partial charge is 0.480 e. The number of benzene rings is 2. The number of hydrogen-bond donors (Lipinski definition) is 1. The van der Waals surface area contributed by atoms with E-state index in [1.54, 1.807) is 0 Å². The van der Waals surface area contributed by atoms with Crippen LogP contribution < -0.4 is 15.0 Å². The van der Waals surface area contributed by atoms with Gasteiger partial charge < -0.3 is 15.0 Å². The summed E-state index contributed by atoms with van der Waals surface area (Å²) in [6.45, 7) is 4.54. The Kier molecular flexibility index (Phi) is 4.35. The number of carbonyl (C=O) groups is 1. The second-order valence-electron chi connectivity index (χ2n) is 7.12. The first-order chi connectivity index (χ1) is 12.2. The average Bonchev–Trinajstić information content (AvgIpc) is 3.07. The van der Waals surface area contributed by atoms with E-state index in [2.05, 4.69) is 29.3 Å². The molecule has 4 nitrogen and oxygen atoms in total. The molecule has 1 atom stereocenters. The molecule has 0 bridgehead atoms. The predicted octanol–water partition coefficient (Wildman–Crippen LogP) is 3.87. The summed E-state index contributed by atoms with van der Waals surface area (Å²) in [7, 11) is 0. The van der Waals surface area contributed by atoms with Crippen molar-refractivity contribution in [1.29, 1.82) is 0 Å². The minimum Gasteiger partial charge on any atom is -0.480 e. The molecule has 1 amide bonds. The molecule has 2 aliphatic rings. The Morgan fingerprint density at radius 3 is 2.52 bits per heavy atom. The van der Waals surface area contributed by atoms with Crippen molar-refractivity contribution in [2.24, 2.45) is 5.92 Å². The topological polar surface area (TPSA) is 41.6 Å². The summed E-state index contributed by atoms with van der Waals surface area (Å²) in [5, 5.41) is 2.97. The number of piperidine rings is 1. The molecule has 25 heavy (non-hydrogen) atoms. The van der Waals surface area contributed by atoms with E-state index >= 15 is 0 Å². The normalized spacial score (nSPS) is 20.0. The van der Waals surface area contributed by atoms with Crippen molar-refractivity contribution in [1.82, 2.24) is 0 Å². The molecule has 2 aromatic rings. The zero-order valence-corrected chi connectivity index (χ0v) is 14.6. The fourth-order valence-corrected chi connectivity index (χ4v) is 3.57. The van der Waals surface area contributed by atoms with Gasteiger partial charge >= 0.3 is 0 Å². The third-order valence-electron chi connectivity index (χ3n) is 5.22. The van der Waals surface area contributed by atoms with Crippen LogP contribution in [0.5, 0.6) is 5.75 Å². The zero-order valence-electron chi connectivity index (χ0n) is 14.6.